The molecule has 0 aliphatic heterocycles. The van der Waals surface area contributed by atoms with Crippen LogP contribution in [0.2, 0.25) is 0 Å². The smallest absolute Gasteiger partial charge is 0.191 e. The fraction of sp³-hybridized carbons (Fsp3) is 0.100. The molecule has 5 nitrogen and oxygen atoms in total. The zero-order chi connectivity index (χ0) is 11.4. The molecule has 0 aliphatic rings. The van der Waals surface area contributed by atoms with E-state index in [0.29, 0.717) is 5.16 Å². The van der Waals surface area contributed by atoms with Crippen LogP contribution in [-0.4, -0.2) is 26.5 Å². The largest absolute Gasteiger partial charge is 0.549 e. The van der Waals surface area contributed by atoms with Gasteiger partial charge in [0.05, 0.1) is 11.7 Å². The highest BCUT2D eigenvalue weighted by Gasteiger charge is 2.06. The van der Waals surface area contributed by atoms with Crippen LogP contribution in [0.1, 0.15) is 0 Å². The molecular formula is C10H8N3O2S-. The Kier molecular flexibility index (Phi) is 3.21. The van der Waals surface area contributed by atoms with Crippen LogP contribution in [0.3, 0.4) is 0 Å². The molecule has 0 spiro atoms. The molecule has 0 unspecified atom stereocenters. The lowest BCUT2D eigenvalue weighted by Gasteiger charge is -2.05. The number of carbonyl (C=O) groups excluding carboxylic acids is 1. The number of carboxylic acid groups (broad SMARTS) is 1. The summed E-state index contributed by atoms with van der Waals surface area (Å²) in [6.07, 6.45) is 1.39. The number of benzene rings is 1. The van der Waals surface area contributed by atoms with Crippen LogP contribution in [0, 0.1) is 0 Å². The third-order valence-corrected chi connectivity index (χ3v) is 2.75. The zero-order valence-corrected chi connectivity index (χ0v) is 9.05. The van der Waals surface area contributed by atoms with E-state index in [4.69, 9.17) is 0 Å². The van der Waals surface area contributed by atoms with Crippen molar-refractivity contribution in [2.24, 2.45) is 0 Å². The van der Waals surface area contributed by atoms with Crippen LogP contribution in [0.15, 0.2) is 41.8 Å². The van der Waals surface area contributed by atoms with Gasteiger partial charge in [-0.2, -0.15) is 5.10 Å². The van der Waals surface area contributed by atoms with Gasteiger partial charge in [0.15, 0.2) is 5.16 Å². The average Bonchev–Trinajstić information content (AvgIpc) is 2.75. The molecule has 82 valence electrons. The van der Waals surface area contributed by atoms with Crippen molar-refractivity contribution >= 4 is 17.7 Å². The second-order valence-corrected chi connectivity index (χ2v) is 3.89. The number of thioether (sulfide) groups is 1. The van der Waals surface area contributed by atoms with Crippen LogP contribution < -0.4 is 5.11 Å². The molecule has 6 heteroatoms. The Bertz CT molecular complexity index is 484. The summed E-state index contributed by atoms with van der Waals surface area (Å²) in [5.74, 6) is -1.25. The van der Waals surface area contributed by atoms with Gasteiger partial charge in [-0.15, -0.1) is 0 Å². The van der Waals surface area contributed by atoms with Crippen molar-refractivity contribution in [3.05, 3.63) is 36.7 Å². The summed E-state index contributed by atoms with van der Waals surface area (Å²) in [5.41, 5.74) is 0.848. The number of rotatable bonds is 4. The van der Waals surface area contributed by atoms with Gasteiger partial charge in [-0.1, -0.05) is 30.0 Å². The molecule has 0 radical (unpaired) electrons. The molecule has 0 bridgehead atoms. The van der Waals surface area contributed by atoms with E-state index in [1.807, 2.05) is 30.3 Å². The van der Waals surface area contributed by atoms with Gasteiger partial charge in [-0.25, -0.2) is 9.67 Å². The van der Waals surface area contributed by atoms with Crippen LogP contribution in [0.5, 0.6) is 0 Å². The van der Waals surface area contributed by atoms with Gasteiger partial charge in [0.25, 0.3) is 0 Å². The van der Waals surface area contributed by atoms with Crippen molar-refractivity contribution in [2.75, 3.05) is 5.75 Å². The zero-order valence-electron chi connectivity index (χ0n) is 8.24. The second kappa shape index (κ2) is 4.80. The Balaban J connectivity index is 2.23. The molecule has 0 aliphatic carbocycles. The normalized spacial score (nSPS) is 10.2. The summed E-state index contributed by atoms with van der Waals surface area (Å²) < 4.78 is 1.59. The third kappa shape index (κ3) is 2.40. The molecule has 0 saturated carbocycles. The van der Waals surface area contributed by atoms with Crippen molar-refractivity contribution < 1.29 is 9.90 Å². The van der Waals surface area contributed by atoms with Gasteiger partial charge in [0, 0.05) is 5.75 Å². The molecule has 1 heterocycles. The first kappa shape index (κ1) is 10.7. The van der Waals surface area contributed by atoms with E-state index < -0.39 is 5.97 Å². The Hall–Kier alpha value is -1.82. The highest BCUT2D eigenvalue weighted by molar-refractivity contribution is 7.99. The molecule has 16 heavy (non-hydrogen) atoms. The summed E-state index contributed by atoms with van der Waals surface area (Å²) in [6.45, 7) is 0. The number of carbonyl (C=O) groups is 1. The fourth-order valence-electron chi connectivity index (χ4n) is 1.20. The molecule has 2 aromatic rings. The Morgan fingerprint density at radius 3 is 2.81 bits per heavy atom. The minimum atomic E-state index is -1.12. The minimum Gasteiger partial charge on any atom is -0.549 e. The summed E-state index contributed by atoms with van der Waals surface area (Å²) in [5, 5.41) is 14.9. The molecule has 0 N–H and O–H groups in total. The fourth-order valence-corrected chi connectivity index (χ4v) is 1.84. The number of hydrogen-bond acceptors (Lipinski definition) is 5. The predicted octanol–water partition coefficient (Wildman–Crippen LogP) is 0.109. The highest BCUT2D eigenvalue weighted by Crippen LogP contribution is 2.17. The predicted molar refractivity (Wildman–Crippen MR) is 57.1 cm³/mol. The maximum atomic E-state index is 10.4. The molecular weight excluding hydrogens is 226 g/mol. The van der Waals surface area contributed by atoms with Gasteiger partial charge in [0.2, 0.25) is 0 Å². The number of hydrogen-bond donors (Lipinski definition) is 0. The summed E-state index contributed by atoms with van der Waals surface area (Å²) in [4.78, 5) is 14.3. The maximum Gasteiger partial charge on any atom is 0.191 e. The lowest BCUT2D eigenvalue weighted by molar-refractivity contribution is -0.301. The van der Waals surface area contributed by atoms with E-state index in [9.17, 15) is 9.90 Å². The second-order valence-electron chi connectivity index (χ2n) is 2.95. The van der Waals surface area contributed by atoms with Crippen molar-refractivity contribution in [2.45, 2.75) is 5.16 Å². The standard InChI is InChI=1S/C10H9N3O2S/c14-9(15)6-16-10-11-7-12-13(10)8-4-2-1-3-5-8/h1-5,7H,6H2,(H,14,15)/p-1. The van der Waals surface area contributed by atoms with E-state index in [1.165, 1.54) is 6.33 Å². The molecule has 0 fully saturated rings. The molecule has 2 rings (SSSR count). The molecule has 1 aromatic carbocycles. The molecule has 0 amide bonds. The van der Waals surface area contributed by atoms with Gasteiger partial charge in [-0.3, -0.25) is 0 Å². The summed E-state index contributed by atoms with van der Waals surface area (Å²) in [7, 11) is 0. The minimum absolute atomic E-state index is 0.133. The molecule has 0 saturated heterocycles. The summed E-state index contributed by atoms with van der Waals surface area (Å²) >= 11 is 1.08. The lowest BCUT2D eigenvalue weighted by atomic mass is 10.3. The van der Waals surface area contributed by atoms with Crippen LogP contribution >= 0.6 is 11.8 Å². The monoisotopic (exact) mass is 234 g/mol. The SMILES string of the molecule is O=C([O-])CSc1ncnn1-c1ccccc1. The van der Waals surface area contributed by atoms with Crippen LogP contribution in [0.4, 0.5) is 0 Å². The Morgan fingerprint density at radius 2 is 2.12 bits per heavy atom. The number of aromatic nitrogens is 3. The lowest BCUT2D eigenvalue weighted by Crippen LogP contribution is -2.24. The van der Waals surface area contributed by atoms with Crippen molar-refractivity contribution in [3.63, 3.8) is 0 Å². The number of nitrogens with zero attached hydrogens (tertiary/aromatic N) is 3. The Labute approximate surface area is 96.1 Å². The van der Waals surface area contributed by atoms with Crippen LogP contribution in [-0.2, 0) is 4.79 Å². The van der Waals surface area contributed by atoms with Gasteiger partial charge in [0.1, 0.15) is 6.33 Å². The first-order valence-corrected chi connectivity index (χ1v) is 5.54. The quantitative estimate of drug-likeness (QED) is 0.702. The van der Waals surface area contributed by atoms with E-state index in [1.54, 1.807) is 4.68 Å². The highest BCUT2D eigenvalue weighted by atomic mass is 32.2. The first-order valence-electron chi connectivity index (χ1n) is 4.55. The third-order valence-electron chi connectivity index (χ3n) is 1.84. The average molecular weight is 234 g/mol. The van der Waals surface area contributed by atoms with E-state index in [2.05, 4.69) is 10.1 Å². The number of carboxylic acids is 1. The Morgan fingerprint density at radius 1 is 1.38 bits per heavy atom. The number of aliphatic carboxylic acids is 1. The molecule has 1 aromatic heterocycles. The van der Waals surface area contributed by atoms with Crippen molar-refractivity contribution in [3.8, 4) is 5.69 Å². The molecule has 0 atom stereocenters. The van der Waals surface area contributed by atoms with Gasteiger partial charge in [-0.05, 0) is 12.1 Å². The van der Waals surface area contributed by atoms with Gasteiger partial charge >= 0.3 is 0 Å². The maximum absolute atomic E-state index is 10.4. The van der Waals surface area contributed by atoms with E-state index >= 15 is 0 Å². The van der Waals surface area contributed by atoms with E-state index in [-0.39, 0.29) is 5.75 Å². The number of para-hydroxylation sites is 1. The van der Waals surface area contributed by atoms with Crippen molar-refractivity contribution in [1.29, 1.82) is 0 Å². The van der Waals surface area contributed by atoms with E-state index in [0.717, 1.165) is 17.4 Å². The van der Waals surface area contributed by atoms with Gasteiger partial charge < -0.3 is 9.90 Å². The topological polar surface area (TPSA) is 70.8 Å². The summed E-state index contributed by atoms with van der Waals surface area (Å²) in [6, 6.07) is 9.40. The first-order chi connectivity index (χ1) is 7.77. The van der Waals surface area contributed by atoms with Crippen molar-refractivity contribution in [1.82, 2.24) is 14.8 Å². The van der Waals surface area contributed by atoms with Crippen LogP contribution in [0.25, 0.3) is 5.69 Å².